The van der Waals surface area contributed by atoms with Crippen molar-refractivity contribution in [2.75, 3.05) is 12.4 Å². The van der Waals surface area contributed by atoms with Gasteiger partial charge >= 0.3 is 0 Å². The van der Waals surface area contributed by atoms with E-state index in [1.165, 1.54) is 0 Å². The first-order valence-electron chi connectivity index (χ1n) is 5.82. The van der Waals surface area contributed by atoms with Crippen molar-refractivity contribution in [2.24, 2.45) is 0 Å². The van der Waals surface area contributed by atoms with Crippen molar-refractivity contribution in [3.8, 4) is 0 Å². The lowest BCUT2D eigenvalue weighted by Gasteiger charge is -2.23. The van der Waals surface area contributed by atoms with E-state index in [-0.39, 0.29) is 11.9 Å². The number of fused-ring (bicyclic) bond motifs is 1. The minimum Gasteiger partial charge on any atom is -0.338 e. The first-order chi connectivity index (χ1) is 8.65. The van der Waals surface area contributed by atoms with Gasteiger partial charge in [-0.1, -0.05) is 34.1 Å². The molecule has 18 heavy (non-hydrogen) atoms. The van der Waals surface area contributed by atoms with Gasteiger partial charge in [0.25, 0.3) is 5.91 Å². The second-order valence-electron chi connectivity index (χ2n) is 4.30. The Morgan fingerprint density at radius 3 is 2.83 bits per heavy atom. The zero-order valence-electron chi connectivity index (χ0n) is 10.4. The monoisotopic (exact) mass is 306 g/mol. The molecule has 0 aliphatic carbocycles. The number of benzene rings is 1. The van der Waals surface area contributed by atoms with E-state index in [4.69, 9.17) is 0 Å². The van der Waals surface area contributed by atoms with Crippen LogP contribution in [0, 0.1) is 0 Å². The van der Waals surface area contributed by atoms with Crippen LogP contribution in [-0.2, 0) is 0 Å². The molecule has 0 saturated carbocycles. The topological polar surface area (TPSA) is 33.2 Å². The molecule has 1 atom stereocenters. The standard InChI is InChI=1S/C14H15BrN2O/c1-10(9-15)17(2)14(18)12-7-3-5-11-6-4-8-16-13(11)12/h3-8,10H,9H2,1-2H3. The number of amides is 1. The fourth-order valence-corrected chi connectivity index (χ4v) is 2.20. The number of carbonyl (C=O) groups is 1. The van der Waals surface area contributed by atoms with Crippen LogP contribution in [0.25, 0.3) is 10.9 Å². The van der Waals surface area contributed by atoms with E-state index < -0.39 is 0 Å². The van der Waals surface area contributed by atoms with E-state index in [1.54, 1.807) is 11.1 Å². The number of hydrogen-bond donors (Lipinski definition) is 0. The molecule has 94 valence electrons. The second kappa shape index (κ2) is 5.48. The summed E-state index contributed by atoms with van der Waals surface area (Å²) in [4.78, 5) is 18.5. The molecule has 1 amide bonds. The number of alkyl halides is 1. The Bertz CT molecular complexity index is 565. The zero-order valence-corrected chi connectivity index (χ0v) is 12.0. The molecule has 2 aromatic rings. The quantitative estimate of drug-likeness (QED) is 0.816. The van der Waals surface area contributed by atoms with E-state index in [9.17, 15) is 4.79 Å². The number of para-hydroxylation sites is 1. The minimum absolute atomic E-state index is 0.00579. The van der Waals surface area contributed by atoms with Crippen LogP contribution >= 0.6 is 15.9 Å². The minimum atomic E-state index is 0.00579. The van der Waals surface area contributed by atoms with Gasteiger partial charge in [-0.2, -0.15) is 0 Å². The average molecular weight is 307 g/mol. The van der Waals surface area contributed by atoms with Crippen molar-refractivity contribution < 1.29 is 4.79 Å². The van der Waals surface area contributed by atoms with Crippen LogP contribution in [0.4, 0.5) is 0 Å². The Labute approximate surface area is 115 Å². The maximum Gasteiger partial charge on any atom is 0.256 e. The van der Waals surface area contributed by atoms with Crippen LogP contribution in [0.1, 0.15) is 17.3 Å². The Kier molecular flexibility index (Phi) is 3.97. The lowest BCUT2D eigenvalue weighted by atomic mass is 10.1. The summed E-state index contributed by atoms with van der Waals surface area (Å²) in [6.45, 7) is 2.01. The molecular weight excluding hydrogens is 292 g/mol. The predicted octanol–water partition coefficient (Wildman–Crippen LogP) is 3.09. The van der Waals surface area contributed by atoms with Crippen LogP contribution in [0.2, 0.25) is 0 Å². The van der Waals surface area contributed by atoms with Crippen molar-refractivity contribution in [1.82, 2.24) is 9.88 Å². The summed E-state index contributed by atoms with van der Waals surface area (Å²) in [5.74, 6) is 0.00579. The first kappa shape index (κ1) is 13.0. The van der Waals surface area contributed by atoms with Crippen LogP contribution in [0.3, 0.4) is 0 Å². The van der Waals surface area contributed by atoms with Gasteiger partial charge in [-0.3, -0.25) is 9.78 Å². The van der Waals surface area contributed by atoms with Crippen molar-refractivity contribution in [1.29, 1.82) is 0 Å². The van der Waals surface area contributed by atoms with E-state index >= 15 is 0 Å². The molecule has 0 N–H and O–H groups in total. The molecule has 1 aromatic carbocycles. The molecule has 0 saturated heterocycles. The second-order valence-corrected chi connectivity index (χ2v) is 4.95. The van der Waals surface area contributed by atoms with Crippen LogP contribution in [-0.4, -0.2) is 34.2 Å². The highest BCUT2D eigenvalue weighted by Gasteiger charge is 2.18. The molecule has 0 aliphatic heterocycles. The van der Waals surface area contributed by atoms with Gasteiger partial charge < -0.3 is 4.90 Å². The van der Waals surface area contributed by atoms with E-state index in [0.717, 1.165) is 16.2 Å². The van der Waals surface area contributed by atoms with E-state index in [0.29, 0.717) is 5.56 Å². The van der Waals surface area contributed by atoms with Gasteiger partial charge in [-0.05, 0) is 19.1 Å². The number of carbonyl (C=O) groups excluding carboxylic acids is 1. The smallest absolute Gasteiger partial charge is 0.256 e. The fourth-order valence-electron chi connectivity index (χ4n) is 1.77. The zero-order chi connectivity index (χ0) is 13.1. The highest BCUT2D eigenvalue weighted by atomic mass is 79.9. The molecule has 0 aliphatic rings. The Balaban J connectivity index is 2.45. The number of halogens is 1. The maximum atomic E-state index is 12.4. The third kappa shape index (κ3) is 2.38. The predicted molar refractivity (Wildman–Crippen MR) is 77.1 cm³/mol. The van der Waals surface area contributed by atoms with E-state index in [2.05, 4.69) is 20.9 Å². The van der Waals surface area contributed by atoms with Gasteiger partial charge in [0.05, 0.1) is 11.1 Å². The number of rotatable bonds is 3. The molecule has 0 radical (unpaired) electrons. The molecule has 0 spiro atoms. The molecule has 0 fully saturated rings. The summed E-state index contributed by atoms with van der Waals surface area (Å²) in [5.41, 5.74) is 1.42. The molecule has 1 heterocycles. The van der Waals surface area contributed by atoms with Gasteiger partial charge in [0.1, 0.15) is 0 Å². The Morgan fingerprint density at radius 1 is 1.39 bits per heavy atom. The van der Waals surface area contributed by atoms with Crippen molar-refractivity contribution in [3.05, 3.63) is 42.1 Å². The third-order valence-electron chi connectivity index (χ3n) is 3.07. The van der Waals surface area contributed by atoms with Crippen LogP contribution in [0.15, 0.2) is 36.5 Å². The molecular formula is C14H15BrN2O. The molecule has 2 rings (SSSR count). The molecule has 3 nitrogen and oxygen atoms in total. The highest BCUT2D eigenvalue weighted by molar-refractivity contribution is 9.09. The summed E-state index contributed by atoms with van der Waals surface area (Å²) in [6, 6.07) is 9.68. The summed E-state index contributed by atoms with van der Waals surface area (Å²) in [7, 11) is 1.82. The summed E-state index contributed by atoms with van der Waals surface area (Å²) in [5, 5.41) is 1.75. The largest absolute Gasteiger partial charge is 0.338 e. The van der Waals surface area contributed by atoms with Crippen molar-refractivity contribution in [2.45, 2.75) is 13.0 Å². The van der Waals surface area contributed by atoms with Crippen LogP contribution in [0.5, 0.6) is 0 Å². The van der Waals surface area contributed by atoms with Gasteiger partial charge in [0.15, 0.2) is 0 Å². The van der Waals surface area contributed by atoms with Crippen molar-refractivity contribution in [3.63, 3.8) is 0 Å². The maximum absolute atomic E-state index is 12.4. The summed E-state index contributed by atoms with van der Waals surface area (Å²) < 4.78 is 0. The van der Waals surface area contributed by atoms with Gasteiger partial charge in [-0.15, -0.1) is 0 Å². The number of hydrogen-bond acceptors (Lipinski definition) is 2. The normalized spacial score (nSPS) is 12.4. The van der Waals surface area contributed by atoms with E-state index in [1.807, 2.05) is 44.3 Å². The van der Waals surface area contributed by atoms with Gasteiger partial charge in [0.2, 0.25) is 0 Å². The molecule has 4 heteroatoms. The lowest BCUT2D eigenvalue weighted by Crippen LogP contribution is -2.36. The highest BCUT2D eigenvalue weighted by Crippen LogP contribution is 2.18. The van der Waals surface area contributed by atoms with Crippen LogP contribution < -0.4 is 0 Å². The average Bonchev–Trinajstić information content (AvgIpc) is 2.44. The SMILES string of the molecule is CC(CBr)N(C)C(=O)c1cccc2cccnc12. The molecule has 1 unspecified atom stereocenters. The Morgan fingerprint density at radius 2 is 2.11 bits per heavy atom. The lowest BCUT2D eigenvalue weighted by molar-refractivity contribution is 0.0760. The third-order valence-corrected chi connectivity index (χ3v) is 4.00. The van der Waals surface area contributed by atoms with Gasteiger partial charge in [-0.25, -0.2) is 0 Å². The summed E-state index contributed by atoms with van der Waals surface area (Å²) >= 11 is 3.40. The first-order valence-corrected chi connectivity index (χ1v) is 6.94. The Hall–Kier alpha value is -1.42. The van der Waals surface area contributed by atoms with Crippen molar-refractivity contribution >= 4 is 32.7 Å². The molecule has 1 aromatic heterocycles. The van der Waals surface area contributed by atoms with Gasteiger partial charge in [0, 0.05) is 30.0 Å². The number of nitrogens with zero attached hydrogens (tertiary/aromatic N) is 2. The number of pyridine rings is 1. The fraction of sp³-hybridized carbons (Fsp3) is 0.286. The number of aromatic nitrogens is 1. The summed E-state index contributed by atoms with van der Waals surface area (Å²) in [6.07, 6.45) is 1.72. The molecule has 0 bridgehead atoms.